The minimum absolute atomic E-state index is 0.00880. The van der Waals surface area contributed by atoms with Crippen LogP contribution in [0.25, 0.3) is 11.0 Å². The molecule has 4 aromatic rings. The van der Waals surface area contributed by atoms with E-state index < -0.39 is 15.8 Å². The van der Waals surface area contributed by atoms with Crippen molar-refractivity contribution in [3.8, 4) is 0 Å². The number of carbonyl (C=O) groups is 1. The van der Waals surface area contributed by atoms with Crippen LogP contribution >= 0.6 is 0 Å². The predicted octanol–water partition coefficient (Wildman–Crippen LogP) is 3.63. The molecule has 2 N–H and O–H groups in total. The fourth-order valence-electron chi connectivity index (χ4n) is 4.46. The molecule has 5 rings (SSSR count). The van der Waals surface area contributed by atoms with E-state index in [-0.39, 0.29) is 34.7 Å². The number of rotatable bonds is 7. The van der Waals surface area contributed by atoms with Gasteiger partial charge >= 0.3 is 0 Å². The summed E-state index contributed by atoms with van der Waals surface area (Å²) in [5.74, 6) is -0.0258. The van der Waals surface area contributed by atoms with Crippen LogP contribution < -0.4 is 10.6 Å². The molecule has 2 aromatic heterocycles. The summed E-state index contributed by atoms with van der Waals surface area (Å²) in [7, 11) is -3.83. The van der Waals surface area contributed by atoms with E-state index in [0.29, 0.717) is 24.3 Å². The fraction of sp³-hybridized carbons (Fsp3) is 0.269. The molecule has 37 heavy (non-hydrogen) atoms. The second-order valence-electron chi connectivity index (χ2n) is 9.05. The van der Waals surface area contributed by atoms with Gasteiger partial charge in [0, 0.05) is 25.3 Å². The highest BCUT2D eigenvalue weighted by Crippen LogP contribution is 2.26. The lowest BCUT2D eigenvalue weighted by atomic mass is 10.1. The average molecular weight is 523 g/mol. The molecule has 11 heteroatoms. The van der Waals surface area contributed by atoms with E-state index in [1.165, 1.54) is 18.6 Å². The number of nitrogens with zero attached hydrogens (tertiary/aromatic N) is 4. The first-order valence-corrected chi connectivity index (χ1v) is 13.4. The van der Waals surface area contributed by atoms with Crippen LogP contribution in [0.4, 0.5) is 15.9 Å². The highest BCUT2D eigenvalue weighted by molar-refractivity contribution is 7.90. The SMILES string of the molecule is Cc1ccc(S(=O)(=O)n2ccc3c(N[C@H]4CCCN(C(=O)CNc5ccccc5F)C4)ncnc32)cc1. The van der Waals surface area contributed by atoms with Gasteiger partial charge in [0.15, 0.2) is 5.65 Å². The Morgan fingerprint density at radius 1 is 1.11 bits per heavy atom. The van der Waals surface area contributed by atoms with Crippen LogP contribution in [0.15, 0.2) is 72.0 Å². The molecule has 0 radical (unpaired) electrons. The summed E-state index contributed by atoms with van der Waals surface area (Å²) in [6, 6.07) is 14.5. The minimum atomic E-state index is -3.83. The maximum atomic E-state index is 13.9. The summed E-state index contributed by atoms with van der Waals surface area (Å²) in [6.07, 6.45) is 4.42. The van der Waals surface area contributed by atoms with E-state index >= 15 is 0 Å². The number of para-hydroxylation sites is 1. The number of carbonyl (C=O) groups excluding carboxylic acids is 1. The van der Waals surface area contributed by atoms with Gasteiger partial charge < -0.3 is 15.5 Å². The zero-order chi connectivity index (χ0) is 26.0. The molecule has 192 valence electrons. The van der Waals surface area contributed by atoms with Crippen molar-refractivity contribution in [1.29, 1.82) is 0 Å². The Bertz CT molecular complexity index is 1540. The number of fused-ring (bicyclic) bond motifs is 1. The molecule has 0 aliphatic carbocycles. The van der Waals surface area contributed by atoms with Gasteiger partial charge in [-0.05, 0) is 50.1 Å². The summed E-state index contributed by atoms with van der Waals surface area (Å²) in [5, 5.41) is 6.81. The summed E-state index contributed by atoms with van der Waals surface area (Å²) in [6.45, 7) is 2.95. The van der Waals surface area contributed by atoms with Gasteiger partial charge in [0.1, 0.15) is 18.0 Å². The van der Waals surface area contributed by atoms with Crippen molar-refractivity contribution in [2.45, 2.75) is 30.7 Å². The molecule has 1 saturated heterocycles. The van der Waals surface area contributed by atoms with Crippen LogP contribution in [0.3, 0.4) is 0 Å². The monoisotopic (exact) mass is 522 g/mol. The number of likely N-dealkylation sites (tertiary alicyclic amines) is 1. The van der Waals surface area contributed by atoms with Crippen molar-refractivity contribution in [3.63, 3.8) is 0 Å². The molecule has 2 aromatic carbocycles. The van der Waals surface area contributed by atoms with Crippen molar-refractivity contribution in [3.05, 3.63) is 78.5 Å². The first kappa shape index (κ1) is 24.7. The Kier molecular flexibility index (Phi) is 6.79. The number of nitrogens with one attached hydrogen (secondary N) is 2. The van der Waals surface area contributed by atoms with Crippen LogP contribution in [0.2, 0.25) is 0 Å². The number of piperidine rings is 1. The molecule has 1 amide bonds. The number of aryl methyl sites for hydroxylation is 1. The molecule has 0 saturated carbocycles. The number of benzene rings is 2. The van der Waals surface area contributed by atoms with E-state index in [9.17, 15) is 17.6 Å². The standard InChI is InChI=1S/C26H27FN6O3S/c1-18-8-10-20(11-9-18)37(35,36)33-14-12-21-25(29-17-30-26(21)33)31-19-5-4-13-32(16-19)24(34)15-28-23-7-3-2-6-22(23)27/h2-3,6-12,14,17,19,28H,4-5,13,15-16H2,1H3,(H,29,30,31)/t19-/m0/s1. The van der Waals surface area contributed by atoms with Crippen molar-refractivity contribution in [2.24, 2.45) is 0 Å². The van der Waals surface area contributed by atoms with Crippen LogP contribution in [-0.4, -0.2) is 58.8 Å². The van der Waals surface area contributed by atoms with Gasteiger partial charge in [-0.1, -0.05) is 29.8 Å². The van der Waals surface area contributed by atoms with Crippen molar-refractivity contribution >= 4 is 38.5 Å². The molecule has 0 bridgehead atoms. The highest BCUT2D eigenvalue weighted by Gasteiger charge is 2.26. The van der Waals surface area contributed by atoms with Crippen molar-refractivity contribution < 1.29 is 17.6 Å². The van der Waals surface area contributed by atoms with Gasteiger partial charge in [-0.25, -0.2) is 26.7 Å². The number of hydrogen-bond acceptors (Lipinski definition) is 7. The molecule has 9 nitrogen and oxygen atoms in total. The number of aromatic nitrogens is 3. The lowest BCUT2D eigenvalue weighted by Crippen LogP contribution is -2.47. The molecule has 1 atom stereocenters. The maximum absolute atomic E-state index is 13.9. The zero-order valence-electron chi connectivity index (χ0n) is 20.3. The van der Waals surface area contributed by atoms with Crippen LogP contribution in [-0.2, 0) is 14.8 Å². The van der Waals surface area contributed by atoms with Gasteiger partial charge in [0.2, 0.25) is 5.91 Å². The second-order valence-corrected chi connectivity index (χ2v) is 10.9. The molecule has 0 unspecified atom stereocenters. The van der Waals surface area contributed by atoms with Crippen molar-refractivity contribution in [1.82, 2.24) is 18.8 Å². The maximum Gasteiger partial charge on any atom is 0.269 e. The smallest absolute Gasteiger partial charge is 0.269 e. The van der Waals surface area contributed by atoms with E-state index in [1.54, 1.807) is 53.4 Å². The first-order chi connectivity index (χ1) is 17.8. The molecular formula is C26H27FN6O3S. The number of amides is 1. The molecule has 0 spiro atoms. The summed E-state index contributed by atoms with van der Waals surface area (Å²) < 4.78 is 41.5. The van der Waals surface area contributed by atoms with E-state index in [2.05, 4.69) is 20.6 Å². The zero-order valence-corrected chi connectivity index (χ0v) is 21.1. The molecule has 1 aliphatic rings. The van der Waals surface area contributed by atoms with Crippen LogP contribution in [0.5, 0.6) is 0 Å². The van der Waals surface area contributed by atoms with Crippen LogP contribution in [0.1, 0.15) is 18.4 Å². The molecule has 3 heterocycles. The highest BCUT2D eigenvalue weighted by atomic mass is 32.2. The number of hydrogen-bond donors (Lipinski definition) is 2. The summed E-state index contributed by atoms with van der Waals surface area (Å²) >= 11 is 0. The molecule has 1 aliphatic heterocycles. The third-order valence-corrected chi connectivity index (χ3v) is 8.13. The lowest BCUT2D eigenvalue weighted by molar-refractivity contribution is -0.130. The Balaban J connectivity index is 1.30. The summed E-state index contributed by atoms with van der Waals surface area (Å²) in [5.41, 5.74) is 1.53. The predicted molar refractivity (Wildman–Crippen MR) is 139 cm³/mol. The van der Waals surface area contributed by atoms with E-state index in [0.717, 1.165) is 22.4 Å². The van der Waals surface area contributed by atoms with Gasteiger partial charge in [-0.15, -0.1) is 0 Å². The average Bonchev–Trinajstić information content (AvgIpc) is 3.35. The third-order valence-electron chi connectivity index (χ3n) is 6.44. The molecular weight excluding hydrogens is 495 g/mol. The lowest BCUT2D eigenvalue weighted by Gasteiger charge is -2.33. The van der Waals surface area contributed by atoms with Gasteiger partial charge in [-0.3, -0.25) is 4.79 Å². The van der Waals surface area contributed by atoms with Gasteiger partial charge in [-0.2, -0.15) is 0 Å². The minimum Gasteiger partial charge on any atom is -0.374 e. The second kappa shape index (κ2) is 10.2. The number of halogens is 1. The Labute approximate surface area is 214 Å². The topological polar surface area (TPSA) is 109 Å². The van der Waals surface area contributed by atoms with Gasteiger partial charge in [0.25, 0.3) is 10.0 Å². The fourth-order valence-corrected chi connectivity index (χ4v) is 5.76. The van der Waals surface area contributed by atoms with E-state index in [1.807, 2.05) is 6.92 Å². The Morgan fingerprint density at radius 3 is 2.68 bits per heavy atom. The van der Waals surface area contributed by atoms with Gasteiger partial charge in [0.05, 0.1) is 22.5 Å². The van der Waals surface area contributed by atoms with Crippen molar-refractivity contribution in [2.75, 3.05) is 30.3 Å². The quantitative estimate of drug-likeness (QED) is 0.382. The van der Waals surface area contributed by atoms with E-state index in [4.69, 9.17) is 0 Å². The number of anilines is 2. The Hall–Kier alpha value is -3.99. The third kappa shape index (κ3) is 5.12. The molecule has 1 fully saturated rings. The normalized spacial score (nSPS) is 16.1. The first-order valence-electron chi connectivity index (χ1n) is 12.0. The van der Waals surface area contributed by atoms with Crippen LogP contribution in [0, 0.1) is 12.7 Å². The Morgan fingerprint density at radius 2 is 1.89 bits per heavy atom. The summed E-state index contributed by atoms with van der Waals surface area (Å²) in [4.78, 5) is 23.3. The largest absolute Gasteiger partial charge is 0.374 e.